The molecule has 0 radical (unpaired) electrons. The van der Waals surface area contributed by atoms with Crippen molar-refractivity contribution in [2.75, 3.05) is 6.61 Å². The average Bonchev–Trinajstić information content (AvgIpc) is 2.58. The third kappa shape index (κ3) is 4.19. The van der Waals surface area contributed by atoms with Crippen molar-refractivity contribution in [1.82, 2.24) is 0 Å². The summed E-state index contributed by atoms with van der Waals surface area (Å²) in [7, 11) is 0. The third-order valence-electron chi connectivity index (χ3n) is 7.17. The minimum Gasteiger partial charge on any atom is -0.378 e. The number of nitrogens with zero attached hydrogens (tertiary/aromatic N) is 2. The normalized spacial score (nSPS) is 37.5. The van der Waals surface area contributed by atoms with Crippen LogP contribution in [0.15, 0.2) is 10.2 Å². The number of guanidine groups is 1. The van der Waals surface area contributed by atoms with Crippen LogP contribution in [0.3, 0.4) is 0 Å². The predicted octanol–water partition coefficient (Wildman–Crippen LogP) is 3.99. The highest BCUT2D eigenvalue weighted by molar-refractivity contribution is 5.94. The molecule has 0 aromatic heterocycles. The predicted molar refractivity (Wildman–Crippen MR) is 109 cm³/mol. The SMILES string of the molecule is Cl.NC(N)=N/N=C1\C2C[C@@H]3C[C@H](C2)CC1(CCCOC1CCCCC1)C3. The van der Waals surface area contributed by atoms with E-state index in [0.29, 0.717) is 12.0 Å². The van der Waals surface area contributed by atoms with Gasteiger partial charge in [0.1, 0.15) is 0 Å². The minimum absolute atomic E-state index is 0. The van der Waals surface area contributed by atoms with Gasteiger partial charge in [-0.3, -0.25) is 0 Å². The highest BCUT2D eigenvalue weighted by Gasteiger charge is 2.54. The van der Waals surface area contributed by atoms with Crippen molar-refractivity contribution in [3.8, 4) is 0 Å². The molecule has 5 aliphatic carbocycles. The van der Waals surface area contributed by atoms with Crippen LogP contribution in [0.1, 0.15) is 77.0 Å². The summed E-state index contributed by atoms with van der Waals surface area (Å²) in [6.07, 6.45) is 16.1. The summed E-state index contributed by atoms with van der Waals surface area (Å²) in [5.41, 5.74) is 12.7. The van der Waals surface area contributed by atoms with Gasteiger partial charge in [-0.1, -0.05) is 19.3 Å². The molecule has 4 N–H and O–H groups in total. The lowest BCUT2D eigenvalue weighted by Crippen LogP contribution is -2.53. The molecule has 5 fully saturated rings. The van der Waals surface area contributed by atoms with Gasteiger partial charge in [0.15, 0.2) is 0 Å². The summed E-state index contributed by atoms with van der Waals surface area (Å²) < 4.78 is 6.17. The zero-order chi connectivity index (χ0) is 17.3. The van der Waals surface area contributed by atoms with Crippen LogP contribution in [-0.4, -0.2) is 24.4 Å². The van der Waals surface area contributed by atoms with Gasteiger partial charge in [-0.25, -0.2) is 0 Å². The van der Waals surface area contributed by atoms with Gasteiger partial charge in [0.05, 0.1) is 6.10 Å². The van der Waals surface area contributed by atoms with E-state index in [1.807, 2.05) is 0 Å². The smallest absolute Gasteiger partial charge is 0.211 e. The van der Waals surface area contributed by atoms with Crippen molar-refractivity contribution in [3.63, 3.8) is 0 Å². The molecule has 0 saturated heterocycles. The number of rotatable bonds is 6. The van der Waals surface area contributed by atoms with Gasteiger partial charge in [0.2, 0.25) is 5.96 Å². The maximum absolute atomic E-state index is 6.17. The van der Waals surface area contributed by atoms with Gasteiger partial charge >= 0.3 is 0 Å². The number of ether oxygens (including phenoxy) is 1. The largest absolute Gasteiger partial charge is 0.378 e. The molecular formula is C20H35ClN4O. The van der Waals surface area contributed by atoms with Crippen LogP contribution in [0.4, 0.5) is 0 Å². The quantitative estimate of drug-likeness (QED) is 0.315. The highest BCUT2D eigenvalue weighted by Crippen LogP contribution is 2.60. The van der Waals surface area contributed by atoms with E-state index < -0.39 is 0 Å². The number of halogens is 1. The molecule has 4 atom stereocenters. The zero-order valence-corrected chi connectivity index (χ0v) is 16.7. The van der Waals surface area contributed by atoms with Gasteiger partial charge in [-0.2, -0.15) is 5.10 Å². The lowest BCUT2D eigenvalue weighted by Gasteiger charge is -2.57. The Morgan fingerprint density at radius 2 is 1.73 bits per heavy atom. The fraction of sp³-hybridized carbons (Fsp3) is 0.900. The van der Waals surface area contributed by atoms with Crippen LogP contribution >= 0.6 is 12.4 Å². The van der Waals surface area contributed by atoms with Crippen LogP contribution in [0, 0.1) is 23.2 Å². The van der Waals surface area contributed by atoms with Crippen molar-refractivity contribution in [2.45, 2.75) is 83.2 Å². The fourth-order valence-electron chi connectivity index (χ4n) is 6.48. The summed E-state index contributed by atoms with van der Waals surface area (Å²) in [5.74, 6) is 2.50. The molecule has 4 bridgehead atoms. The second-order valence-corrected chi connectivity index (χ2v) is 9.07. The molecule has 0 heterocycles. The Labute approximate surface area is 163 Å². The molecule has 5 nitrogen and oxygen atoms in total. The molecule has 148 valence electrons. The fourth-order valence-corrected chi connectivity index (χ4v) is 6.48. The standard InChI is InChI=1S/C20H34N4O.ClH/c21-19(22)24-23-18-16-10-14-9-15(11-16)13-20(18,12-14)7-4-8-25-17-5-2-1-3-6-17;/h14-17H,1-13H2,(H4,21,22,24);1H/b23-18+;/t14-,15+,16?,20?;. The topological polar surface area (TPSA) is 86.0 Å². The second kappa shape index (κ2) is 8.47. The van der Waals surface area contributed by atoms with Crippen LogP contribution in [0.2, 0.25) is 0 Å². The first-order valence-corrected chi connectivity index (χ1v) is 10.4. The van der Waals surface area contributed by atoms with E-state index in [0.717, 1.165) is 24.9 Å². The van der Waals surface area contributed by atoms with Crippen molar-refractivity contribution in [3.05, 3.63) is 0 Å². The summed E-state index contributed by atoms with van der Waals surface area (Å²) in [6.45, 7) is 0.905. The molecule has 5 saturated carbocycles. The molecule has 5 aliphatic rings. The molecule has 0 aromatic rings. The molecule has 0 spiro atoms. The second-order valence-electron chi connectivity index (χ2n) is 9.07. The Morgan fingerprint density at radius 1 is 1.04 bits per heavy atom. The summed E-state index contributed by atoms with van der Waals surface area (Å²) in [4.78, 5) is 0. The Balaban J connectivity index is 0.00000196. The maximum Gasteiger partial charge on any atom is 0.211 e. The van der Waals surface area contributed by atoms with Crippen LogP contribution in [0.25, 0.3) is 0 Å². The van der Waals surface area contributed by atoms with Crippen LogP contribution < -0.4 is 11.5 Å². The van der Waals surface area contributed by atoms with Crippen molar-refractivity contribution in [1.29, 1.82) is 0 Å². The molecule has 6 heteroatoms. The molecule has 0 aromatic carbocycles. The van der Waals surface area contributed by atoms with E-state index in [2.05, 4.69) is 10.2 Å². The third-order valence-corrected chi connectivity index (χ3v) is 7.17. The number of hydrogen-bond donors (Lipinski definition) is 2. The van der Waals surface area contributed by atoms with E-state index in [-0.39, 0.29) is 23.8 Å². The average molecular weight is 383 g/mol. The van der Waals surface area contributed by atoms with E-state index in [1.165, 1.54) is 76.3 Å². The Bertz CT molecular complexity index is 526. The van der Waals surface area contributed by atoms with Crippen LogP contribution in [0.5, 0.6) is 0 Å². The minimum atomic E-state index is 0. The number of nitrogens with two attached hydrogens (primary N) is 2. The van der Waals surface area contributed by atoms with Crippen LogP contribution in [-0.2, 0) is 4.74 Å². The first-order chi connectivity index (χ1) is 12.1. The van der Waals surface area contributed by atoms with Gasteiger partial charge in [-0.15, -0.1) is 17.5 Å². The van der Waals surface area contributed by atoms with Crippen molar-refractivity contribution in [2.24, 2.45) is 44.8 Å². The zero-order valence-electron chi connectivity index (χ0n) is 15.9. The Kier molecular flexibility index (Phi) is 6.50. The lowest BCUT2D eigenvalue weighted by molar-refractivity contribution is 0.00823. The maximum atomic E-state index is 6.17. The number of hydrogen-bond acceptors (Lipinski definition) is 3. The summed E-state index contributed by atoms with van der Waals surface area (Å²) in [5, 5.41) is 8.62. The van der Waals surface area contributed by atoms with Gasteiger partial charge in [0.25, 0.3) is 0 Å². The molecule has 0 amide bonds. The van der Waals surface area contributed by atoms with E-state index >= 15 is 0 Å². The first kappa shape index (κ1) is 19.9. The molecule has 0 aliphatic heterocycles. The molecule has 5 rings (SSSR count). The van der Waals surface area contributed by atoms with Crippen molar-refractivity contribution >= 4 is 24.1 Å². The van der Waals surface area contributed by atoms with Gasteiger partial charge in [-0.05, 0) is 69.6 Å². The summed E-state index contributed by atoms with van der Waals surface area (Å²) in [6, 6.07) is 0. The highest BCUT2D eigenvalue weighted by atomic mass is 35.5. The van der Waals surface area contributed by atoms with Crippen molar-refractivity contribution < 1.29 is 4.74 Å². The van der Waals surface area contributed by atoms with E-state index in [4.69, 9.17) is 16.2 Å². The van der Waals surface area contributed by atoms with Gasteiger partial charge < -0.3 is 16.2 Å². The molecular weight excluding hydrogens is 348 g/mol. The van der Waals surface area contributed by atoms with Gasteiger partial charge in [0, 0.05) is 23.7 Å². The van der Waals surface area contributed by atoms with E-state index in [9.17, 15) is 0 Å². The first-order valence-electron chi connectivity index (χ1n) is 10.4. The Hall–Kier alpha value is -0.810. The monoisotopic (exact) mass is 382 g/mol. The summed E-state index contributed by atoms with van der Waals surface area (Å²) >= 11 is 0. The molecule has 26 heavy (non-hydrogen) atoms. The lowest BCUT2D eigenvalue weighted by atomic mass is 9.47. The van der Waals surface area contributed by atoms with E-state index in [1.54, 1.807) is 0 Å². The Morgan fingerprint density at radius 3 is 2.38 bits per heavy atom. The molecule has 2 unspecified atom stereocenters.